The first-order chi connectivity index (χ1) is 5.77. The van der Waals surface area contributed by atoms with Crippen molar-refractivity contribution in [2.75, 3.05) is 0 Å². The summed E-state index contributed by atoms with van der Waals surface area (Å²) >= 11 is 5.84. The number of hydrogen-bond acceptors (Lipinski definition) is 2. The maximum atomic E-state index is 10.7. The van der Waals surface area contributed by atoms with E-state index in [0.29, 0.717) is 11.1 Å². The van der Waals surface area contributed by atoms with Gasteiger partial charge in [-0.2, -0.15) is 0 Å². The second-order valence-electron chi connectivity index (χ2n) is 3.09. The molecule has 0 aliphatic heterocycles. The second kappa shape index (κ2) is 2.90. The molecule has 0 saturated heterocycles. The van der Waals surface area contributed by atoms with Gasteiger partial charge in [-0.3, -0.25) is 4.98 Å². The lowest BCUT2D eigenvalue weighted by molar-refractivity contribution is 0.417. The standard InChI is InChI=1S/C8H9ClN2O/c9-7-6(5-2-1-3-5)4-10-8(12)11-7/h4-5H,1-3H2,(H,10,11,12). The highest BCUT2D eigenvalue weighted by molar-refractivity contribution is 6.30. The zero-order valence-corrected chi connectivity index (χ0v) is 7.27. The molecule has 3 nitrogen and oxygen atoms in total. The highest BCUT2D eigenvalue weighted by Gasteiger charge is 2.22. The van der Waals surface area contributed by atoms with Crippen molar-refractivity contribution in [2.45, 2.75) is 25.2 Å². The minimum Gasteiger partial charge on any atom is -0.296 e. The summed E-state index contributed by atoms with van der Waals surface area (Å²) in [6.45, 7) is 0. The monoisotopic (exact) mass is 184 g/mol. The summed E-state index contributed by atoms with van der Waals surface area (Å²) in [6, 6.07) is 0. The summed E-state index contributed by atoms with van der Waals surface area (Å²) in [5, 5.41) is 0.458. The summed E-state index contributed by atoms with van der Waals surface area (Å²) < 4.78 is 0. The molecule has 1 fully saturated rings. The van der Waals surface area contributed by atoms with Gasteiger partial charge in [-0.15, -0.1) is 0 Å². The fourth-order valence-corrected chi connectivity index (χ4v) is 1.67. The number of aromatic nitrogens is 2. The van der Waals surface area contributed by atoms with Gasteiger partial charge < -0.3 is 0 Å². The molecule has 1 aromatic heterocycles. The normalized spacial score (nSPS) is 17.4. The second-order valence-corrected chi connectivity index (χ2v) is 3.46. The van der Waals surface area contributed by atoms with Crippen LogP contribution in [0, 0.1) is 0 Å². The summed E-state index contributed by atoms with van der Waals surface area (Å²) in [5.74, 6) is 0.516. The number of aromatic amines is 1. The Balaban J connectivity index is 2.37. The van der Waals surface area contributed by atoms with Gasteiger partial charge in [-0.05, 0) is 18.8 Å². The lowest BCUT2D eigenvalue weighted by Crippen LogP contribution is -2.16. The number of nitrogens with one attached hydrogen (secondary N) is 1. The van der Waals surface area contributed by atoms with Crippen LogP contribution in [0.1, 0.15) is 30.7 Å². The summed E-state index contributed by atoms with van der Waals surface area (Å²) in [4.78, 5) is 16.9. The van der Waals surface area contributed by atoms with Gasteiger partial charge in [0, 0.05) is 11.8 Å². The van der Waals surface area contributed by atoms with E-state index in [1.807, 2.05) is 0 Å². The van der Waals surface area contributed by atoms with Gasteiger partial charge in [-0.1, -0.05) is 18.0 Å². The van der Waals surface area contributed by atoms with Crippen molar-refractivity contribution in [1.82, 2.24) is 9.97 Å². The maximum absolute atomic E-state index is 10.7. The van der Waals surface area contributed by atoms with E-state index in [1.54, 1.807) is 6.20 Å². The van der Waals surface area contributed by atoms with Crippen LogP contribution in [0.2, 0.25) is 5.15 Å². The number of halogens is 1. The molecule has 0 aromatic carbocycles. The molecular formula is C8H9ClN2O. The lowest BCUT2D eigenvalue weighted by Gasteiger charge is -2.25. The molecule has 0 amide bonds. The Morgan fingerprint density at radius 2 is 2.33 bits per heavy atom. The van der Waals surface area contributed by atoms with E-state index in [0.717, 1.165) is 18.4 Å². The molecule has 1 aliphatic rings. The van der Waals surface area contributed by atoms with Gasteiger partial charge in [-0.25, -0.2) is 9.78 Å². The summed E-state index contributed by atoms with van der Waals surface area (Å²) in [7, 11) is 0. The zero-order valence-electron chi connectivity index (χ0n) is 6.51. The highest BCUT2D eigenvalue weighted by atomic mass is 35.5. The topological polar surface area (TPSA) is 45.8 Å². The van der Waals surface area contributed by atoms with Gasteiger partial charge >= 0.3 is 5.69 Å². The van der Waals surface area contributed by atoms with E-state index in [1.165, 1.54) is 6.42 Å². The third-order valence-corrected chi connectivity index (χ3v) is 2.65. The van der Waals surface area contributed by atoms with Crippen LogP contribution < -0.4 is 5.69 Å². The largest absolute Gasteiger partial charge is 0.346 e. The van der Waals surface area contributed by atoms with Gasteiger partial charge in [0.2, 0.25) is 0 Å². The Kier molecular flexibility index (Phi) is 1.89. The maximum Gasteiger partial charge on any atom is 0.346 e. The fourth-order valence-electron chi connectivity index (χ4n) is 1.39. The zero-order chi connectivity index (χ0) is 8.55. The van der Waals surface area contributed by atoms with Crippen molar-refractivity contribution in [1.29, 1.82) is 0 Å². The third-order valence-electron chi connectivity index (χ3n) is 2.34. The van der Waals surface area contributed by atoms with Crippen LogP contribution >= 0.6 is 11.6 Å². The molecule has 64 valence electrons. The SMILES string of the molecule is O=c1ncc(C2CCC2)c(Cl)[nH]1. The average Bonchev–Trinajstić information content (AvgIpc) is 1.91. The van der Waals surface area contributed by atoms with Crippen LogP contribution in [0.15, 0.2) is 11.0 Å². The molecule has 1 aliphatic carbocycles. The van der Waals surface area contributed by atoms with Crippen LogP contribution in [-0.4, -0.2) is 9.97 Å². The predicted molar refractivity (Wildman–Crippen MR) is 46.5 cm³/mol. The van der Waals surface area contributed by atoms with Crippen molar-refractivity contribution >= 4 is 11.6 Å². The third kappa shape index (κ3) is 1.25. The number of nitrogens with zero attached hydrogens (tertiary/aromatic N) is 1. The fraction of sp³-hybridized carbons (Fsp3) is 0.500. The Bertz CT molecular complexity index is 343. The van der Waals surface area contributed by atoms with Crippen LogP contribution in [0.3, 0.4) is 0 Å². The lowest BCUT2D eigenvalue weighted by atomic mass is 9.81. The number of H-pyrrole nitrogens is 1. The van der Waals surface area contributed by atoms with Crippen molar-refractivity contribution < 1.29 is 0 Å². The first-order valence-corrected chi connectivity index (χ1v) is 4.40. The van der Waals surface area contributed by atoms with E-state index >= 15 is 0 Å². The van der Waals surface area contributed by atoms with E-state index in [9.17, 15) is 4.79 Å². The van der Waals surface area contributed by atoms with E-state index in [4.69, 9.17) is 11.6 Å². The minimum absolute atomic E-state index is 0.372. The molecule has 1 aromatic rings. The highest BCUT2D eigenvalue weighted by Crippen LogP contribution is 2.37. The Hall–Kier alpha value is -0.830. The van der Waals surface area contributed by atoms with Crippen LogP contribution in [0.4, 0.5) is 0 Å². The molecule has 4 heteroatoms. The van der Waals surface area contributed by atoms with Gasteiger partial charge in [0.25, 0.3) is 0 Å². The van der Waals surface area contributed by atoms with Gasteiger partial charge in [0.15, 0.2) is 0 Å². The molecular weight excluding hydrogens is 176 g/mol. The number of hydrogen-bond donors (Lipinski definition) is 1. The summed E-state index contributed by atoms with van der Waals surface area (Å²) in [6.07, 6.45) is 5.16. The summed E-state index contributed by atoms with van der Waals surface area (Å²) in [5.41, 5.74) is 0.616. The molecule has 12 heavy (non-hydrogen) atoms. The average molecular weight is 185 g/mol. The smallest absolute Gasteiger partial charge is 0.296 e. The van der Waals surface area contributed by atoms with Crippen LogP contribution in [-0.2, 0) is 0 Å². The molecule has 1 N–H and O–H groups in total. The molecule has 0 bridgehead atoms. The van der Waals surface area contributed by atoms with Crippen LogP contribution in [0.5, 0.6) is 0 Å². The van der Waals surface area contributed by atoms with Crippen LogP contribution in [0.25, 0.3) is 0 Å². The van der Waals surface area contributed by atoms with Crippen molar-refractivity contribution in [3.8, 4) is 0 Å². The minimum atomic E-state index is -0.372. The Morgan fingerprint density at radius 3 is 2.83 bits per heavy atom. The first kappa shape index (κ1) is 7.80. The predicted octanol–water partition coefficient (Wildman–Crippen LogP) is 1.69. The molecule has 0 radical (unpaired) electrons. The van der Waals surface area contributed by atoms with E-state index < -0.39 is 0 Å². The Morgan fingerprint density at radius 1 is 1.58 bits per heavy atom. The molecule has 0 unspecified atom stereocenters. The molecule has 0 spiro atoms. The number of rotatable bonds is 1. The van der Waals surface area contributed by atoms with E-state index in [-0.39, 0.29) is 5.69 Å². The molecule has 1 saturated carbocycles. The van der Waals surface area contributed by atoms with Crippen molar-refractivity contribution in [3.63, 3.8) is 0 Å². The first-order valence-electron chi connectivity index (χ1n) is 4.02. The van der Waals surface area contributed by atoms with Crippen molar-refractivity contribution in [3.05, 3.63) is 27.4 Å². The molecule has 0 atom stereocenters. The van der Waals surface area contributed by atoms with Gasteiger partial charge in [0.1, 0.15) is 5.15 Å². The van der Waals surface area contributed by atoms with E-state index in [2.05, 4.69) is 9.97 Å². The van der Waals surface area contributed by atoms with Crippen molar-refractivity contribution in [2.24, 2.45) is 0 Å². The molecule has 1 heterocycles. The van der Waals surface area contributed by atoms with Gasteiger partial charge in [0.05, 0.1) is 0 Å². The molecule has 2 rings (SSSR count). The Labute approximate surface area is 74.8 Å². The quantitative estimate of drug-likeness (QED) is 0.676.